The summed E-state index contributed by atoms with van der Waals surface area (Å²) in [6.45, 7) is 4.41. The lowest BCUT2D eigenvalue weighted by molar-refractivity contribution is 0.920. The second kappa shape index (κ2) is 4.17. The zero-order valence-corrected chi connectivity index (χ0v) is 7.43. The third-order valence-electron chi connectivity index (χ3n) is 1.97. The Kier molecular flexibility index (Phi) is 3.15. The van der Waals surface area contributed by atoms with Crippen LogP contribution in [0, 0.1) is 0 Å². The maximum absolute atomic E-state index is 2.24. The topological polar surface area (TPSA) is 0 Å². The van der Waals surface area contributed by atoms with Crippen molar-refractivity contribution in [2.24, 2.45) is 0 Å². The molecule has 11 heavy (non-hydrogen) atoms. The first kappa shape index (κ1) is 8.32. The number of aryl methyl sites for hydroxylation is 2. The summed E-state index contributed by atoms with van der Waals surface area (Å²) in [7, 11) is 0. The Labute approximate surface area is 69.3 Å². The van der Waals surface area contributed by atoms with Gasteiger partial charge in [0.25, 0.3) is 0 Å². The Hall–Kier alpha value is -0.780. The summed E-state index contributed by atoms with van der Waals surface area (Å²) in [5, 5.41) is 0. The first-order valence-electron chi connectivity index (χ1n) is 4.44. The number of hydrogen-bond acceptors (Lipinski definition) is 0. The van der Waals surface area contributed by atoms with Crippen LogP contribution in [0.2, 0.25) is 0 Å². The lowest BCUT2D eigenvalue weighted by atomic mass is 10.1. The van der Waals surface area contributed by atoms with Gasteiger partial charge in [0, 0.05) is 0 Å². The highest BCUT2D eigenvalue weighted by atomic mass is 14.0. The van der Waals surface area contributed by atoms with Gasteiger partial charge in [-0.15, -0.1) is 0 Å². The van der Waals surface area contributed by atoms with Gasteiger partial charge in [0.1, 0.15) is 0 Å². The Balaban J connectivity index is 2.66. The third-order valence-corrected chi connectivity index (χ3v) is 1.97. The molecule has 0 aliphatic rings. The average molecular weight is 148 g/mol. The molecular weight excluding hydrogens is 132 g/mol. The van der Waals surface area contributed by atoms with Gasteiger partial charge in [0.2, 0.25) is 0 Å². The highest BCUT2D eigenvalue weighted by molar-refractivity contribution is 5.22. The molecule has 1 rings (SSSR count). The molecule has 0 spiro atoms. The lowest BCUT2D eigenvalue weighted by Crippen LogP contribution is -1.84. The van der Waals surface area contributed by atoms with Gasteiger partial charge in [-0.25, -0.2) is 0 Å². The molecule has 0 aromatic heterocycles. The van der Waals surface area contributed by atoms with E-state index in [1.165, 1.54) is 24.0 Å². The van der Waals surface area contributed by atoms with Gasteiger partial charge in [0.15, 0.2) is 0 Å². The molecule has 0 amide bonds. The minimum absolute atomic E-state index is 1.15. The number of hydrogen-bond donors (Lipinski definition) is 0. The second-order valence-electron chi connectivity index (χ2n) is 2.92. The van der Waals surface area contributed by atoms with Crippen LogP contribution in [0.25, 0.3) is 0 Å². The maximum Gasteiger partial charge on any atom is -0.0281 e. The zero-order valence-electron chi connectivity index (χ0n) is 7.43. The first-order valence-corrected chi connectivity index (χ1v) is 4.44. The van der Waals surface area contributed by atoms with E-state index in [1.54, 1.807) is 0 Å². The fraction of sp³-hybridized carbons (Fsp3) is 0.455. The van der Waals surface area contributed by atoms with Gasteiger partial charge < -0.3 is 0 Å². The molecule has 0 radical (unpaired) electrons. The molecule has 0 saturated carbocycles. The molecule has 0 heteroatoms. The lowest BCUT2D eigenvalue weighted by Gasteiger charge is -1.99. The molecule has 0 aliphatic heterocycles. The van der Waals surface area contributed by atoms with Crippen molar-refractivity contribution >= 4 is 0 Å². The average Bonchev–Trinajstić information content (AvgIpc) is 2.07. The highest BCUT2D eigenvalue weighted by Gasteiger charge is 1.90. The van der Waals surface area contributed by atoms with E-state index in [1.807, 2.05) is 0 Å². The minimum atomic E-state index is 1.15. The third kappa shape index (κ3) is 2.38. The van der Waals surface area contributed by atoms with Crippen LogP contribution in [0.3, 0.4) is 0 Å². The van der Waals surface area contributed by atoms with E-state index in [2.05, 4.69) is 38.1 Å². The summed E-state index contributed by atoms with van der Waals surface area (Å²) < 4.78 is 0. The van der Waals surface area contributed by atoms with E-state index < -0.39 is 0 Å². The summed E-state index contributed by atoms with van der Waals surface area (Å²) in [4.78, 5) is 0. The van der Waals surface area contributed by atoms with Gasteiger partial charge in [0.05, 0.1) is 0 Å². The van der Waals surface area contributed by atoms with Crippen LogP contribution >= 0.6 is 0 Å². The summed E-state index contributed by atoms with van der Waals surface area (Å²) in [6, 6.07) is 8.93. The van der Waals surface area contributed by atoms with Crippen LogP contribution in [0.1, 0.15) is 31.4 Å². The van der Waals surface area contributed by atoms with Crippen LogP contribution in [0.5, 0.6) is 0 Å². The Morgan fingerprint density at radius 2 is 1.45 bits per heavy atom. The van der Waals surface area contributed by atoms with E-state index in [4.69, 9.17) is 0 Å². The van der Waals surface area contributed by atoms with Crippen molar-refractivity contribution < 1.29 is 0 Å². The quantitative estimate of drug-likeness (QED) is 0.617. The van der Waals surface area contributed by atoms with Gasteiger partial charge >= 0.3 is 0 Å². The summed E-state index contributed by atoms with van der Waals surface area (Å²) in [5.41, 5.74) is 2.90. The molecule has 0 heterocycles. The molecule has 60 valence electrons. The van der Waals surface area contributed by atoms with E-state index in [-0.39, 0.29) is 0 Å². The van der Waals surface area contributed by atoms with Gasteiger partial charge in [-0.3, -0.25) is 0 Å². The predicted molar refractivity (Wildman–Crippen MR) is 49.8 cm³/mol. The van der Waals surface area contributed by atoms with Crippen molar-refractivity contribution in [2.45, 2.75) is 33.1 Å². The fourth-order valence-electron chi connectivity index (χ4n) is 1.23. The van der Waals surface area contributed by atoms with Crippen LogP contribution in [0.15, 0.2) is 24.3 Å². The molecule has 0 aliphatic carbocycles. The van der Waals surface area contributed by atoms with Crippen LogP contribution < -0.4 is 0 Å². The van der Waals surface area contributed by atoms with E-state index in [0.717, 1.165) is 6.42 Å². The monoisotopic (exact) mass is 148 g/mol. The predicted octanol–water partition coefficient (Wildman–Crippen LogP) is 3.20. The molecule has 0 atom stereocenters. The van der Waals surface area contributed by atoms with E-state index in [9.17, 15) is 0 Å². The minimum Gasteiger partial charge on any atom is -0.0651 e. The molecule has 0 nitrogen and oxygen atoms in total. The van der Waals surface area contributed by atoms with Gasteiger partial charge in [-0.05, 0) is 24.0 Å². The molecule has 0 saturated heterocycles. The van der Waals surface area contributed by atoms with Crippen molar-refractivity contribution in [1.82, 2.24) is 0 Å². The van der Waals surface area contributed by atoms with E-state index in [0.29, 0.717) is 0 Å². The SMILES string of the molecule is CCCc1ccc(CC)cc1. The summed E-state index contributed by atoms with van der Waals surface area (Å²) in [6.07, 6.45) is 3.60. The first-order chi connectivity index (χ1) is 5.36. The summed E-state index contributed by atoms with van der Waals surface area (Å²) >= 11 is 0. The molecule has 0 bridgehead atoms. The smallest absolute Gasteiger partial charge is 0.0281 e. The van der Waals surface area contributed by atoms with Crippen LogP contribution in [-0.2, 0) is 12.8 Å². The van der Waals surface area contributed by atoms with Crippen LogP contribution in [0.4, 0.5) is 0 Å². The Morgan fingerprint density at radius 3 is 1.91 bits per heavy atom. The second-order valence-corrected chi connectivity index (χ2v) is 2.92. The zero-order chi connectivity index (χ0) is 8.10. The Bertz CT molecular complexity index is 196. The normalized spacial score (nSPS) is 10.0. The number of rotatable bonds is 3. The molecule has 1 aromatic carbocycles. The Morgan fingerprint density at radius 1 is 0.909 bits per heavy atom. The molecule has 0 unspecified atom stereocenters. The standard InChI is InChI=1S/C11H16/c1-3-5-11-8-6-10(4-2)7-9-11/h6-9H,3-5H2,1-2H3. The number of benzene rings is 1. The van der Waals surface area contributed by atoms with Crippen molar-refractivity contribution in [2.75, 3.05) is 0 Å². The summed E-state index contributed by atoms with van der Waals surface area (Å²) in [5.74, 6) is 0. The largest absolute Gasteiger partial charge is 0.0651 e. The van der Waals surface area contributed by atoms with Crippen molar-refractivity contribution in [3.05, 3.63) is 35.4 Å². The van der Waals surface area contributed by atoms with Crippen LogP contribution in [-0.4, -0.2) is 0 Å². The maximum atomic E-state index is 2.24. The van der Waals surface area contributed by atoms with E-state index >= 15 is 0 Å². The van der Waals surface area contributed by atoms with Crippen molar-refractivity contribution in [3.8, 4) is 0 Å². The highest BCUT2D eigenvalue weighted by Crippen LogP contribution is 2.06. The molecule has 0 N–H and O–H groups in total. The van der Waals surface area contributed by atoms with Crippen molar-refractivity contribution in [3.63, 3.8) is 0 Å². The molecular formula is C11H16. The molecule has 0 fully saturated rings. The van der Waals surface area contributed by atoms with Gasteiger partial charge in [-0.1, -0.05) is 44.5 Å². The molecule has 1 aromatic rings. The van der Waals surface area contributed by atoms with Crippen molar-refractivity contribution in [1.29, 1.82) is 0 Å². The fourth-order valence-corrected chi connectivity index (χ4v) is 1.23. The van der Waals surface area contributed by atoms with Gasteiger partial charge in [-0.2, -0.15) is 0 Å².